The number of pyridine rings is 1. The molecule has 0 atom stereocenters. The summed E-state index contributed by atoms with van der Waals surface area (Å²) in [7, 11) is 0. The Hall–Kier alpha value is -4.07. The average Bonchev–Trinajstić information content (AvgIpc) is 3.28. The van der Waals surface area contributed by atoms with Crippen molar-refractivity contribution in [2.24, 2.45) is 0 Å². The first-order valence-electron chi connectivity index (χ1n) is 8.78. The summed E-state index contributed by atoms with van der Waals surface area (Å²) in [5.41, 5.74) is 2.29. The van der Waals surface area contributed by atoms with E-state index in [0.717, 1.165) is 5.56 Å². The minimum atomic E-state index is -0.318. The van der Waals surface area contributed by atoms with Crippen molar-refractivity contribution in [3.05, 3.63) is 96.3 Å². The molecule has 29 heavy (non-hydrogen) atoms. The normalized spacial score (nSPS) is 10.5. The van der Waals surface area contributed by atoms with Crippen LogP contribution in [-0.4, -0.2) is 25.9 Å². The summed E-state index contributed by atoms with van der Waals surface area (Å²) in [5.74, 6) is -0.0721. The number of nitrogens with one attached hydrogen (secondary N) is 1. The van der Waals surface area contributed by atoms with Gasteiger partial charge in [-0.25, -0.2) is 9.07 Å². The van der Waals surface area contributed by atoms with E-state index in [1.807, 2.05) is 0 Å². The lowest BCUT2D eigenvalue weighted by atomic mass is 10.2. The first-order chi connectivity index (χ1) is 14.2. The maximum Gasteiger partial charge on any atom is 0.257 e. The Balaban J connectivity index is 1.44. The summed E-state index contributed by atoms with van der Waals surface area (Å²) in [6.07, 6.45) is 6.27. The first kappa shape index (κ1) is 18.3. The Bertz CT molecular complexity index is 1130. The topological polar surface area (TPSA) is 81.9 Å². The molecule has 2 aromatic heterocycles. The number of nitrogens with zero attached hydrogens (tertiary/aromatic N) is 4. The average molecular weight is 389 g/mol. The zero-order chi connectivity index (χ0) is 20.1. The van der Waals surface area contributed by atoms with E-state index in [9.17, 15) is 9.18 Å². The third-order valence-electron chi connectivity index (χ3n) is 4.06. The molecule has 1 amide bonds. The molecular weight excluding hydrogens is 373 g/mol. The highest BCUT2D eigenvalue weighted by atomic mass is 19.1. The lowest BCUT2D eigenvalue weighted by molar-refractivity contribution is 0.102. The fourth-order valence-corrected chi connectivity index (χ4v) is 2.68. The van der Waals surface area contributed by atoms with E-state index in [-0.39, 0.29) is 18.3 Å². The fourth-order valence-electron chi connectivity index (χ4n) is 2.68. The number of hydrogen-bond donors (Lipinski definition) is 1. The summed E-state index contributed by atoms with van der Waals surface area (Å²) in [6.45, 7) is 0.221. The molecule has 0 saturated carbocycles. The summed E-state index contributed by atoms with van der Waals surface area (Å²) in [4.78, 5) is 16.7. The Kier molecular flexibility index (Phi) is 5.24. The van der Waals surface area contributed by atoms with Crippen molar-refractivity contribution in [2.75, 3.05) is 5.32 Å². The monoisotopic (exact) mass is 389 g/mol. The molecule has 2 aromatic carbocycles. The van der Waals surface area contributed by atoms with Crippen LogP contribution in [0, 0.1) is 5.82 Å². The number of carbonyl (C=O) groups excluding carboxylic acids is 1. The van der Waals surface area contributed by atoms with Crippen molar-refractivity contribution in [1.29, 1.82) is 0 Å². The molecule has 2 heterocycles. The van der Waals surface area contributed by atoms with Gasteiger partial charge in [0, 0.05) is 18.0 Å². The third kappa shape index (κ3) is 4.62. The largest absolute Gasteiger partial charge is 0.489 e. The molecule has 8 heteroatoms. The summed E-state index contributed by atoms with van der Waals surface area (Å²) >= 11 is 0. The Morgan fingerprint density at radius 3 is 2.83 bits per heavy atom. The molecule has 0 unspecified atom stereocenters. The first-order valence-corrected chi connectivity index (χ1v) is 8.78. The van der Waals surface area contributed by atoms with Crippen LogP contribution >= 0.6 is 0 Å². The predicted octanol–water partition coefficient (Wildman–Crippen LogP) is 3.63. The number of rotatable bonds is 6. The van der Waals surface area contributed by atoms with Gasteiger partial charge in [-0.1, -0.05) is 23.4 Å². The minimum Gasteiger partial charge on any atom is -0.489 e. The highest BCUT2D eigenvalue weighted by Gasteiger charge is 2.09. The predicted molar refractivity (Wildman–Crippen MR) is 104 cm³/mol. The summed E-state index contributed by atoms with van der Waals surface area (Å²) in [5, 5.41) is 10.4. The number of hydrogen-bond acceptors (Lipinski definition) is 5. The van der Waals surface area contributed by atoms with Gasteiger partial charge in [0.05, 0.1) is 29.8 Å². The van der Waals surface area contributed by atoms with Crippen LogP contribution in [0.4, 0.5) is 10.1 Å². The molecule has 4 aromatic rings. The number of carbonyl (C=O) groups is 1. The fraction of sp³-hybridized carbons (Fsp3) is 0.0476. The van der Waals surface area contributed by atoms with Crippen LogP contribution < -0.4 is 10.1 Å². The summed E-state index contributed by atoms with van der Waals surface area (Å²) in [6, 6.07) is 14.9. The number of anilines is 1. The molecule has 144 valence electrons. The van der Waals surface area contributed by atoms with Gasteiger partial charge in [0.25, 0.3) is 5.91 Å². The third-order valence-corrected chi connectivity index (χ3v) is 4.06. The van der Waals surface area contributed by atoms with Crippen LogP contribution in [0.25, 0.3) is 5.69 Å². The van der Waals surface area contributed by atoms with Crippen LogP contribution in [0.1, 0.15) is 15.9 Å². The zero-order valence-corrected chi connectivity index (χ0v) is 15.2. The summed E-state index contributed by atoms with van der Waals surface area (Å²) < 4.78 is 20.5. The minimum absolute atomic E-state index is 0.221. The van der Waals surface area contributed by atoms with E-state index in [1.54, 1.807) is 61.1 Å². The number of benzene rings is 2. The van der Waals surface area contributed by atoms with Gasteiger partial charge in [-0.2, -0.15) is 0 Å². The SMILES string of the molecule is O=C(Nc1cccc(OCc2cccc(F)c2)c1)c1cncc(-n2ccnn2)c1. The van der Waals surface area contributed by atoms with E-state index in [2.05, 4.69) is 20.6 Å². The van der Waals surface area contributed by atoms with Gasteiger partial charge in [-0.05, 0) is 35.9 Å². The van der Waals surface area contributed by atoms with E-state index >= 15 is 0 Å². The van der Waals surface area contributed by atoms with Crippen LogP contribution in [0.2, 0.25) is 0 Å². The molecule has 0 spiro atoms. The van der Waals surface area contributed by atoms with Gasteiger partial charge < -0.3 is 10.1 Å². The van der Waals surface area contributed by atoms with Crippen LogP contribution in [0.15, 0.2) is 79.4 Å². The Morgan fingerprint density at radius 1 is 1.10 bits per heavy atom. The molecule has 4 rings (SSSR count). The molecule has 0 aliphatic heterocycles. The van der Waals surface area contributed by atoms with Crippen molar-refractivity contribution in [1.82, 2.24) is 20.0 Å². The molecule has 0 aliphatic carbocycles. The van der Waals surface area contributed by atoms with E-state index in [4.69, 9.17) is 4.74 Å². The molecule has 0 radical (unpaired) electrons. The number of aromatic nitrogens is 4. The second-order valence-electron chi connectivity index (χ2n) is 6.18. The molecule has 0 aliphatic rings. The molecule has 0 fully saturated rings. The van der Waals surface area contributed by atoms with Gasteiger partial charge in [0.15, 0.2) is 0 Å². The van der Waals surface area contributed by atoms with Crippen molar-refractivity contribution in [3.8, 4) is 11.4 Å². The maximum atomic E-state index is 13.3. The highest BCUT2D eigenvalue weighted by molar-refractivity contribution is 6.04. The molecular formula is C21H16FN5O2. The molecule has 0 bridgehead atoms. The molecule has 7 nitrogen and oxygen atoms in total. The van der Waals surface area contributed by atoms with E-state index in [1.165, 1.54) is 23.0 Å². The second-order valence-corrected chi connectivity index (χ2v) is 6.18. The highest BCUT2D eigenvalue weighted by Crippen LogP contribution is 2.20. The quantitative estimate of drug-likeness (QED) is 0.545. The van der Waals surface area contributed by atoms with Gasteiger partial charge in [0.2, 0.25) is 0 Å². The van der Waals surface area contributed by atoms with Crippen LogP contribution in [0.3, 0.4) is 0 Å². The zero-order valence-electron chi connectivity index (χ0n) is 15.2. The van der Waals surface area contributed by atoms with Gasteiger partial charge in [0.1, 0.15) is 18.2 Å². The lowest BCUT2D eigenvalue weighted by Crippen LogP contribution is -2.13. The lowest BCUT2D eigenvalue weighted by Gasteiger charge is -2.10. The van der Waals surface area contributed by atoms with Crippen molar-refractivity contribution >= 4 is 11.6 Å². The standard InChI is InChI=1S/C21H16FN5O2/c22-17-4-1-3-15(9-17)14-29-20-6-2-5-18(11-20)25-21(28)16-10-19(13-23-12-16)27-8-7-24-26-27/h1-13H,14H2,(H,25,28). The van der Waals surface area contributed by atoms with Crippen LogP contribution in [0.5, 0.6) is 5.75 Å². The van der Waals surface area contributed by atoms with Gasteiger partial charge >= 0.3 is 0 Å². The maximum absolute atomic E-state index is 13.3. The molecule has 1 N–H and O–H groups in total. The number of halogens is 1. The van der Waals surface area contributed by atoms with Gasteiger partial charge in [-0.3, -0.25) is 9.78 Å². The number of amides is 1. The van der Waals surface area contributed by atoms with Crippen molar-refractivity contribution in [2.45, 2.75) is 6.61 Å². The van der Waals surface area contributed by atoms with Crippen LogP contribution in [-0.2, 0) is 6.61 Å². The number of ether oxygens (including phenoxy) is 1. The van der Waals surface area contributed by atoms with E-state index < -0.39 is 0 Å². The Morgan fingerprint density at radius 2 is 2.00 bits per heavy atom. The van der Waals surface area contributed by atoms with Crippen molar-refractivity contribution < 1.29 is 13.9 Å². The smallest absolute Gasteiger partial charge is 0.257 e. The molecule has 0 saturated heterocycles. The van der Waals surface area contributed by atoms with Gasteiger partial charge in [-0.15, -0.1) is 5.10 Å². The second kappa shape index (κ2) is 8.30. The van der Waals surface area contributed by atoms with E-state index in [0.29, 0.717) is 22.7 Å². The Labute approximate surface area is 165 Å². The van der Waals surface area contributed by atoms with Crippen molar-refractivity contribution in [3.63, 3.8) is 0 Å².